The lowest BCUT2D eigenvalue weighted by Crippen LogP contribution is -2.23. The molecule has 1 amide bonds. The summed E-state index contributed by atoms with van der Waals surface area (Å²) in [6.07, 6.45) is 0. The van der Waals surface area contributed by atoms with Crippen molar-refractivity contribution in [3.8, 4) is 5.69 Å². The fraction of sp³-hybridized carbons (Fsp3) is 0.231. The van der Waals surface area contributed by atoms with Gasteiger partial charge < -0.3 is 4.74 Å². The maximum atomic E-state index is 12.7. The number of fused-ring (bicyclic) bond motifs is 1. The van der Waals surface area contributed by atoms with Gasteiger partial charge in [-0.1, -0.05) is 65.6 Å². The number of aliphatic imine (C=N–C) groups is 2. The molecular formula is C26H23N5O3S3. The van der Waals surface area contributed by atoms with E-state index < -0.39 is 0 Å². The van der Waals surface area contributed by atoms with Crippen molar-refractivity contribution in [1.29, 1.82) is 0 Å². The van der Waals surface area contributed by atoms with Crippen molar-refractivity contribution in [2.75, 3.05) is 7.11 Å². The van der Waals surface area contributed by atoms with Gasteiger partial charge in [-0.25, -0.2) is 9.79 Å². The first-order valence-electron chi connectivity index (χ1n) is 11.4. The Labute approximate surface area is 227 Å². The van der Waals surface area contributed by atoms with Crippen LogP contribution in [0.2, 0.25) is 0 Å². The van der Waals surface area contributed by atoms with Gasteiger partial charge in [0.2, 0.25) is 0 Å². The minimum Gasteiger partial charge on any atom is -0.465 e. The second kappa shape index (κ2) is 11.1. The predicted octanol–water partition coefficient (Wildman–Crippen LogP) is 5.53. The van der Waals surface area contributed by atoms with E-state index in [0.29, 0.717) is 22.2 Å². The smallest absolute Gasteiger partial charge is 0.337 e. The van der Waals surface area contributed by atoms with E-state index in [1.807, 2.05) is 60.9 Å². The molecule has 1 atom stereocenters. The summed E-state index contributed by atoms with van der Waals surface area (Å²) in [6.45, 7) is 3.98. The first kappa shape index (κ1) is 25.5. The number of carbonyl (C=O) groups excluding carboxylic acids is 2. The van der Waals surface area contributed by atoms with Crippen LogP contribution in [-0.4, -0.2) is 44.0 Å². The van der Waals surface area contributed by atoms with Crippen molar-refractivity contribution in [2.24, 2.45) is 15.9 Å². The minimum atomic E-state index is -0.358. The van der Waals surface area contributed by atoms with Gasteiger partial charge in [-0.15, -0.1) is 10.2 Å². The molecule has 0 fully saturated rings. The number of rotatable bonds is 7. The zero-order valence-corrected chi connectivity index (χ0v) is 22.8. The van der Waals surface area contributed by atoms with E-state index >= 15 is 0 Å². The molecule has 0 bridgehead atoms. The summed E-state index contributed by atoms with van der Waals surface area (Å²) in [5.74, 6) is 1.00. The van der Waals surface area contributed by atoms with Crippen LogP contribution in [0.15, 0.2) is 80.2 Å². The van der Waals surface area contributed by atoms with E-state index in [2.05, 4.69) is 20.2 Å². The third kappa shape index (κ3) is 5.43. The van der Waals surface area contributed by atoms with Crippen LogP contribution in [0, 0.1) is 5.92 Å². The Morgan fingerprint density at radius 1 is 1.00 bits per heavy atom. The molecule has 11 heteroatoms. The lowest BCUT2D eigenvalue weighted by atomic mass is 10.0. The molecule has 188 valence electrons. The highest BCUT2D eigenvalue weighted by Gasteiger charge is 2.36. The van der Waals surface area contributed by atoms with Gasteiger partial charge in [-0.3, -0.25) is 9.36 Å². The van der Waals surface area contributed by atoms with Crippen molar-refractivity contribution in [1.82, 2.24) is 14.8 Å². The molecule has 0 N–H and O–H groups in total. The lowest BCUT2D eigenvalue weighted by molar-refractivity contribution is -0.118. The molecule has 1 aromatic heterocycles. The first-order chi connectivity index (χ1) is 17.9. The molecule has 8 nitrogen and oxygen atoms in total. The average Bonchev–Trinajstić information content (AvgIpc) is 3.46. The highest BCUT2D eigenvalue weighted by atomic mass is 32.2. The second-order valence-corrected chi connectivity index (χ2v) is 11.4. The number of hydrogen-bond donors (Lipinski definition) is 0. The fourth-order valence-corrected chi connectivity index (χ4v) is 6.73. The van der Waals surface area contributed by atoms with Gasteiger partial charge in [-0.2, -0.15) is 4.99 Å². The summed E-state index contributed by atoms with van der Waals surface area (Å²) in [4.78, 5) is 34.4. The second-order valence-electron chi connectivity index (χ2n) is 8.29. The molecule has 37 heavy (non-hydrogen) atoms. The number of aromatic nitrogens is 3. The number of hydrogen-bond acceptors (Lipinski definition) is 9. The van der Waals surface area contributed by atoms with Crippen LogP contribution in [0.5, 0.6) is 0 Å². The van der Waals surface area contributed by atoms with Gasteiger partial charge in [0.05, 0.1) is 23.5 Å². The number of para-hydroxylation sites is 1. The van der Waals surface area contributed by atoms with E-state index in [1.54, 1.807) is 35.7 Å². The van der Waals surface area contributed by atoms with Crippen molar-refractivity contribution < 1.29 is 14.3 Å². The van der Waals surface area contributed by atoms with E-state index in [0.717, 1.165) is 37.8 Å². The summed E-state index contributed by atoms with van der Waals surface area (Å²) in [6, 6.07) is 17.2. The molecule has 5 rings (SSSR count). The van der Waals surface area contributed by atoms with Gasteiger partial charge >= 0.3 is 5.97 Å². The summed E-state index contributed by atoms with van der Waals surface area (Å²) >= 11 is 4.49. The minimum absolute atomic E-state index is 0.159. The Morgan fingerprint density at radius 2 is 1.76 bits per heavy atom. The number of benzene rings is 2. The molecule has 0 spiro atoms. The zero-order valence-electron chi connectivity index (χ0n) is 20.4. The third-order valence-corrected chi connectivity index (χ3v) is 8.95. The van der Waals surface area contributed by atoms with Crippen molar-refractivity contribution in [2.45, 2.75) is 30.5 Å². The summed E-state index contributed by atoms with van der Waals surface area (Å²) in [5.41, 5.74) is 3.54. The molecule has 0 aliphatic carbocycles. The summed E-state index contributed by atoms with van der Waals surface area (Å²) < 4.78 is 6.79. The van der Waals surface area contributed by atoms with E-state index in [9.17, 15) is 9.59 Å². The third-order valence-electron chi connectivity index (χ3n) is 5.94. The monoisotopic (exact) mass is 549 g/mol. The molecule has 0 radical (unpaired) electrons. The maximum Gasteiger partial charge on any atom is 0.337 e. The Balaban J connectivity index is 1.33. The molecule has 0 saturated heterocycles. The number of methoxy groups -OCH3 is 1. The Hall–Kier alpha value is -3.15. The Kier molecular flexibility index (Phi) is 7.63. The standard InChI is InChI=1S/C26H23N5O3S3/c1-15-16(2)37-23-21(15)22(32)27-25(28-23)35-14-20-29-30-26(31(20)19-7-5-4-6-8-19)36-13-17-9-11-18(12-10-17)24(33)34-3/h4-12,21H,13-14H2,1-3H3. The number of thioether (sulfide) groups is 3. The Morgan fingerprint density at radius 3 is 2.49 bits per heavy atom. The molecule has 3 heterocycles. The van der Waals surface area contributed by atoms with Crippen LogP contribution >= 0.6 is 35.3 Å². The average molecular weight is 550 g/mol. The van der Waals surface area contributed by atoms with Gasteiger partial charge in [0.25, 0.3) is 5.91 Å². The molecule has 2 aliphatic rings. The van der Waals surface area contributed by atoms with E-state index in [4.69, 9.17) is 4.74 Å². The SMILES string of the molecule is COC(=O)c1ccc(CSc2nnc(CSC3=NC(=O)C4C(=N3)SC(C)=C4C)n2-c2ccccc2)cc1. The van der Waals surface area contributed by atoms with E-state index in [1.165, 1.54) is 18.9 Å². The molecule has 2 aliphatic heterocycles. The molecule has 2 aromatic carbocycles. The maximum absolute atomic E-state index is 12.7. The van der Waals surface area contributed by atoms with Crippen LogP contribution in [0.4, 0.5) is 0 Å². The number of ether oxygens (including phenoxy) is 1. The largest absolute Gasteiger partial charge is 0.465 e. The van der Waals surface area contributed by atoms with Gasteiger partial charge in [-0.05, 0) is 54.2 Å². The number of nitrogens with zero attached hydrogens (tertiary/aromatic N) is 5. The van der Waals surface area contributed by atoms with E-state index in [-0.39, 0.29) is 17.8 Å². The normalized spacial score (nSPS) is 16.9. The van der Waals surface area contributed by atoms with Crippen LogP contribution in [-0.2, 0) is 21.0 Å². The molecule has 1 unspecified atom stereocenters. The van der Waals surface area contributed by atoms with Gasteiger partial charge in [0, 0.05) is 11.4 Å². The zero-order chi connectivity index (χ0) is 25.9. The first-order valence-corrected chi connectivity index (χ1v) is 14.2. The number of carbonyl (C=O) groups is 2. The highest BCUT2D eigenvalue weighted by molar-refractivity contribution is 8.18. The highest BCUT2D eigenvalue weighted by Crippen LogP contribution is 2.41. The topological polar surface area (TPSA) is 98.8 Å². The lowest BCUT2D eigenvalue weighted by Gasteiger charge is -2.14. The summed E-state index contributed by atoms with van der Waals surface area (Å²) in [5, 5.41) is 10.9. The molecule has 0 saturated carbocycles. The number of allylic oxidation sites excluding steroid dienone is 1. The molecular weight excluding hydrogens is 527 g/mol. The molecule has 3 aromatic rings. The van der Waals surface area contributed by atoms with Crippen molar-refractivity contribution >= 4 is 57.4 Å². The van der Waals surface area contributed by atoms with Crippen molar-refractivity contribution in [3.63, 3.8) is 0 Å². The number of esters is 1. The Bertz CT molecular complexity index is 1450. The van der Waals surface area contributed by atoms with Gasteiger partial charge in [0.1, 0.15) is 11.7 Å². The van der Waals surface area contributed by atoms with Gasteiger partial charge in [0.15, 0.2) is 10.3 Å². The number of amidine groups is 1. The fourth-order valence-electron chi connectivity index (χ4n) is 3.86. The van der Waals surface area contributed by atoms with Crippen LogP contribution < -0.4 is 0 Å². The quantitative estimate of drug-likeness (QED) is 0.280. The van der Waals surface area contributed by atoms with Crippen molar-refractivity contribution in [3.05, 3.63) is 82.0 Å². The summed E-state index contributed by atoms with van der Waals surface area (Å²) in [7, 11) is 1.37. The predicted molar refractivity (Wildman–Crippen MR) is 149 cm³/mol. The van der Waals surface area contributed by atoms with Crippen LogP contribution in [0.1, 0.15) is 35.6 Å². The van der Waals surface area contributed by atoms with Crippen LogP contribution in [0.25, 0.3) is 5.69 Å². The van der Waals surface area contributed by atoms with Crippen LogP contribution in [0.3, 0.4) is 0 Å². The number of amides is 1.